The quantitative estimate of drug-likeness (QED) is 0.714. The molecule has 26 heavy (non-hydrogen) atoms. The number of carbonyl (C=O) groups is 1. The summed E-state index contributed by atoms with van der Waals surface area (Å²) in [6, 6.07) is 14.6. The van der Waals surface area contributed by atoms with Gasteiger partial charge in [0.15, 0.2) is 0 Å². The first-order valence-corrected chi connectivity index (χ1v) is 8.51. The van der Waals surface area contributed by atoms with Gasteiger partial charge in [0, 0.05) is 13.0 Å². The Morgan fingerprint density at radius 2 is 1.85 bits per heavy atom. The van der Waals surface area contributed by atoms with E-state index in [9.17, 15) is 14.7 Å². The normalized spacial score (nSPS) is 11.0. The summed E-state index contributed by atoms with van der Waals surface area (Å²) in [4.78, 5) is 27.0. The molecule has 0 aliphatic heterocycles. The minimum Gasteiger partial charge on any atom is -0.478 e. The maximum absolute atomic E-state index is 11.6. The van der Waals surface area contributed by atoms with Crippen molar-refractivity contribution in [2.45, 2.75) is 26.8 Å². The van der Waals surface area contributed by atoms with Crippen LogP contribution >= 0.6 is 0 Å². The van der Waals surface area contributed by atoms with Crippen molar-refractivity contribution in [3.05, 3.63) is 76.0 Å². The van der Waals surface area contributed by atoms with Crippen LogP contribution in [0, 0.1) is 5.92 Å². The van der Waals surface area contributed by atoms with Crippen molar-refractivity contribution in [3.63, 3.8) is 0 Å². The lowest BCUT2D eigenvalue weighted by Gasteiger charge is -2.10. The molecule has 6 heteroatoms. The Balaban J connectivity index is 1.86. The highest BCUT2D eigenvalue weighted by Gasteiger charge is 2.12. The first kappa shape index (κ1) is 17.7. The van der Waals surface area contributed by atoms with Crippen LogP contribution in [-0.4, -0.2) is 25.8 Å². The molecule has 6 nitrogen and oxygen atoms in total. The molecular weight excluding hydrogens is 330 g/mol. The second kappa shape index (κ2) is 7.39. The fourth-order valence-corrected chi connectivity index (χ4v) is 2.94. The van der Waals surface area contributed by atoms with Gasteiger partial charge in [-0.25, -0.2) is 14.7 Å². The van der Waals surface area contributed by atoms with Crippen molar-refractivity contribution < 1.29 is 9.90 Å². The largest absolute Gasteiger partial charge is 0.478 e. The molecule has 0 atom stereocenters. The van der Waals surface area contributed by atoms with E-state index in [2.05, 4.69) is 23.9 Å². The first-order chi connectivity index (χ1) is 12.4. The number of aromatic carboxylic acids is 1. The minimum atomic E-state index is -0.945. The molecule has 2 aromatic carbocycles. The van der Waals surface area contributed by atoms with Crippen LogP contribution in [0.2, 0.25) is 0 Å². The molecule has 0 saturated carbocycles. The van der Waals surface area contributed by atoms with E-state index in [1.54, 1.807) is 22.9 Å². The van der Waals surface area contributed by atoms with Gasteiger partial charge in [0.25, 0.3) is 0 Å². The zero-order valence-corrected chi connectivity index (χ0v) is 14.8. The second-order valence-electron chi connectivity index (χ2n) is 6.67. The molecule has 0 aliphatic rings. The summed E-state index contributed by atoms with van der Waals surface area (Å²) < 4.78 is 1.79. The zero-order chi connectivity index (χ0) is 18.7. The number of nitrogens with zero attached hydrogens (tertiary/aromatic N) is 2. The molecule has 3 rings (SSSR count). The number of H-pyrrole nitrogens is 1. The molecule has 0 saturated heterocycles. The minimum absolute atomic E-state index is 0.276. The average Bonchev–Trinajstić information content (AvgIpc) is 2.94. The van der Waals surface area contributed by atoms with Gasteiger partial charge in [-0.1, -0.05) is 56.3 Å². The lowest BCUT2D eigenvalue weighted by Crippen LogP contribution is -2.12. The number of carboxylic acids is 1. The Morgan fingerprint density at radius 1 is 1.15 bits per heavy atom. The Labute approximate surface area is 151 Å². The van der Waals surface area contributed by atoms with Gasteiger partial charge in [0.05, 0.1) is 5.56 Å². The Morgan fingerprint density at radius 3 is 2.50 bits per heavy atom. The van der Waals surface area contributed by atoms with Crippen LogP contribution < -0.4 is 5.69 Å². The first-order valence-electron chi connectivity index (χ1n) is 8.51. The van der Waals surface area contributed by atoms with Crippen molar-refractivity contribution in [1.82, 2.24) is 14.8 Å². The second-order valence-corrected chi connectivity index (χ2v) is 6.67. The number of nitrogens with one attached hydrogen (secondary N) is 1. The number of aromatic amines is 1. The van der Waals surface area contributed by atoms with Gasteiger partial charge < -0.3 is 5.11 Å². The van der Waals surface area contributed by atoms with Gasteiger partial charge in [-0.3, -0.25) is 4.68 Å². The van der Waals surface area contributed by atoms with Gasteiger partial charge >= 0.3 is 11.7 Å². The molecular formula is C20H21N3O3. The molecule has 1 heterocycles. The van der Waals surface area contributed by atoms with Crippen molar-refractivity contribution in [2.75, 3.05) is 0 Å². The van der Waals surface area contributed by atoms with Crippen LogP contribution in [0.4, 0.5) is 0 Å². The number of benzene rings is 2. The Bertz CT molecular complexity index is 968. The monoisotopic (exact) mass is 351 g/mol. The average molecular weight is 351 g/mol. The lowest BCUT2D eigenvalue weighted by atomic mass is 9.98. The third kappa shape index (κ3) is 3.91. The predicted molar refractivity (Wildman–Crippen MR) is 99.3 cm³/mol. The highest BCUT2D eigenvalue weighted by Crippen LogP contribution is 2.24. The van der Waals surface area contributed by atoms with Crippen LogP contribution in [0.5, 0.6) is 0 Å². The van der Waals surface area contributed by atoms with E-state index in [4.69, 9.17) is 0 Å². The van der Waals surface area contributed by atoms with Gasteiger partial charge in [-0.05, 0) is 28.7 Å². The number of hydrogen-bond acceptors (Lipinski definition) is 3. The number of carboxylic acid groups (broad SMARTS) is 1. The smallest absolute Gasteiger partial charge is 0.361 e. The Hall–Kier alpha value is -3.15. The fraction of sp³-hybridized carbons (Fsp3) is 0.250. The van der Waals surface area contributed by atoms with Crippen LogP contribution in [0.25, 0.3) is 11.1 Å². The summed E-state index contributed by atoms with van der Waals surface area (Å²) in [7, 11) is 0. The van der Waals surface area contributed by atoms with E-state index in [1.807, 2.05) is 30.3 Å². The highest BCUT2D eigenvalue weighted by atomic mass is 16.4. The lowest BCUT2D eigenvalue weighted by molar-refractivity contribution is 0.0697. The SMILES string of the molecule is CC(C)Cn1[nH]c(=O)nc1Cc1ccc(-c2ccccc2C(=O)O)cc1. The van der Waals surface area contributed by atoms with E-state index in [1.165, 1.54) is 0 Å². The van der Waals surface area contributed by atoms with Gasteiger partial charge in [-0.2, -0.15) is 4.98 Å². The van der Waals surface area contributed by atoms with E-state index in [-0.39, 0.29) is 11.3 Å². The molecule has 3 aromatic rings. The van der Waals surface area contributed by atoms with Crippen molar-refractivity contribution in [2.24, 2.45) is 5.92 Å². The van der Waals surface area contributed by atoms with E-state index < -0.39 is 5.97 Å². The van der Waals surface area contributed by atoms with Gasteiger partial charge in [0.2, 0.25) is 0 Å². The van der Waals surface area contributed by atoms with E-state index >= 15 is 0 Å². The maximum Gasteiger partial charge on any atom is 0.361 e. The number of aromatic nitrogens is 3. The van der Waals surface area contributed by atoms with Crippen LogP contribution in [-0.2, 0) is 13.0 Å². The topological polar surface area (TPSA) is 88.0 Å². The third-order valence-electron chi connectivity index (χ3n) is 4.11. The molecule has 0 aliphatic carbocycles. The molecule has 0 amide bonds. The van der Waals surface area contributed by atoms with Crippen molar-refractivity contribution in [3.8, 4) is 11.1 Å². The number of hydrogen-bond donors (Lipinski definition) is 2. The zero-order valence-electron chi connectivity index (χ0n) is 14.8. The number of rotatable bonds is 6. The summed E-state index contributed by atoms with van der Waals surface area (Å²) in [6.07, 6.45) is 0.534. The molecule has 0 bridgehead atoms. The molecule has 1 aromatic heterocycles. The molecule has 0 unspecified atom stereocenters. The van der Waals surface area contributed by atoms with Crippen LogP contribution in [0.15, 0.2) is 53.3 Å². The molecule has 0 fully saturated rings. The molecule has 0 spiro atoms. The summed E-state index contributed by atoms with van der Waals surface area (Å²) in [6.45, 7) is 4.86. The summed E-state index contributed by atoms with van der Waals surface area (Å²) in [5.74, 6) is 0.148. The maximum atomic E-state index is 11.6. The molecule has 0 radical (unpaired) electrons. The van der Waals surface area contributed by atoms with E-state index in [0.29, 0.717) is 30.3 Å². The fourth-order valence-electron chi connectivity index (χ4n) is 2.94. The van der Waals surface area contributed by atoms with Gasteiger partial charge in [-0.15, -0.1) is 0 Å². The van der Waals surface area contributed by atoms with Crippen LogP contribution in [0.1, 0.15) is 35.6 Å². The Kier molecular flexibility index (Phi) is 5.02. The molecule has 134 valence electrons. The predicted octanol–water partition coefficient (Wildman–Crippen LogP) is 3.18. The van der Waals surface area contributed by atoms with E-state index in [0.717, 1.165) is 11.1 Å². The highest BCUT2D eigenvalue weighted by molar-refractivity contribution is 5.95. The summed E-state index contributed by atoms with van der Waals surface area (Å²) >= 11 is 0. The van der Waals surface area contributed by atoms with Gasteiger partial charge in [0.1, 0.15) is 5.82 Å². The van der Waals surface area contributed by atoms with Crippen molar-refractivity contribution >= 4 is 5.97 Å². The summed E-state index contributed by atoms with van der Waals surface area (Å²) in [5.41, 5.74) is 2.47. The molecule has 2 N–H and O–H groups in total. The summed E-state index contributed by atoms with van der Waals surface area (Å²) in [5, 5.41) is 12.1. The van der Waals surface area contributed by atoms with Crippen LogP contribution in [0.3, 0.4) is 0 Å². The standard InChI is InChI=1S/C20H21N3O3/c1-13(2)12-23-18(21-20(26)22-23)11-14-7-9-15(10-8-14)16-5-3-4-6-17(16)19(24)25/h3-10,13H,11-12H2,1-2H3,(H,22,26)(H,24,25). The van der Waals surface area contributed by atoms with Crippen molar-refractivity contribution in [1.29, 1.82) is 0 Å². The third-order valence-corrected chi connectivity index (χ3v) is 4.11.